The van der Waals surface area contributed by atoms with E-state index in [9.17, 15) is 0 Å². The predicted molar refractivity (Wildman–Crippen MR) is 72.5 cm³/mol. The maximum atomic E-state index is 3.49. The van der Waals surface area contributed by atoms with Gasteiger partial charge >= 0.3 is 0 Å². The van der Waals surface area contributed by atoms with E-state index in [1.165, 1.54) is 38.0 Å². The van der Waals surface area contributed by atoms with E-state index in [2.05, 4.69) is 35.3 Å². The Morgan fingerprint density at radius 1 is 1.35 bits per heavy atom. The van der Waals surface area contributed by atoms with Crippen molar-refractivity contribution in [2.24, 2.45) is 5.92 Å². The Bertz CT molecular complexity index is 394. The summed E-state index contributed by atoms with van der Waals surface area (Å²) in [5, 5.41) is 3.49. The van der Waals surface area contributed by atoms with Crippen molar-refractivity contribution in [3.05, 3.63) is 29.3 Å². The van der Waals surface area contributed by atoms with Crippen LogP contribution in [-0.4, -0.2) is 19.6 Å². The van der Waals surface area contributed by atoms with E-state index in [1.807, 2.05) is 0 Å². The number of anilines is 1. The zero-order valence-corrected chi connectivity index (χ0v) is 10.7. The first-order chi connectivity index (χ1) is 8.38. The van der Waals surface area contributed by atoms with Gasteiger partial charge in [-0.3, -0.25) is 0 Å². The van der Waals surface area contributed by atoms with Crippen LogP contribution >= 0.6 is 0 Å². The summed E-state index contributed by atoms with van der Waals surface area (Å²) in [5.41, 5.74) is 4.59. The third-order valence-corrected chi connectivity index (χ3v) is 4.12. The zero-order chi connectivity index (χ0) is 11.7. The largest absolute Gasteiger partial charge is 0.371 e. The molecule has 1 N–H and O–H groups in total. The van der Waals surface area contributed by atoms with Crippen LogP contribution in [0.25, 0.3) is 0 Å². The van der Waals surface area contributed by atoms with Crippen molar-refractivity contribution >= 4 is 5.69 Å². The van der Waals surface area contributed by atoms with Gasteiger partial charge in [0.15, 0.2) is 0 Å². The average Bonchev–Trinajstić information content (AvgIpc) is 2.33. The monoisotopic (exact) mass is 230 g/mol. The molecule has 2 heterocycles. The number of hydrogen-bond acceptors (Lipinski definition) is 2. The summed E-state index contributed by atoms with van der Waals surface area (Å²) in [4.78, 5) is 2.56. The fourth-order valence-corrected chi connectivity index (χ4v) is 3.15. The lowest BCUT2D eigenvalue weighted by Gasteiger charge is -2.43. The van der Waals surface area contributed by atoms with Crippen LogP contribution in [0.2, 0.25) is 0 Å². The van der Waals surface area contributed by atoms with E-state index >= 15 is 0 Å². The van der Waals surface area contributed by atoms with Gasteiger partial charge in [-0.05, 0) is 42.5 Å². The summed E-state index contributed by atoms with van der Waals surface area (Å²) in [5.74, 6) is 0.937. The maximum Gasteiger partial charge on any atom is 0.0414 e. The Labute approximate surface area is 104 Å². The van der Waals surface area contributed by atoms with Crippen molar-refractivity contribution < 1.29 is 0 Å². The van der Waals surface area contributed by atoms with E-state index in [1.54, 1.807) is 11.1 Å². The molecule has 0 atom stereocenters. The molecule has 1 saturated heterocycles. The molecule has 2 nitrogen and oxygen atoms in total. The lowest BCUT2D eigenvalue weighted by Crippen LogP contribution is -2.47. The minimum absolute atomic E-state index is 0.937. The molecular weight excluding hydrogens is 208 g/mol. The summed E-state index contributed by atoms with van der Waals surface area (Å²) in [7, 11) is 0. The van der Waals surface area contributed by atoms with Crippen molar-refractivity contribution in [1.29, 1.82) is 0 Å². The molecular formula is C15H22N2. The summed E-state index contributed by atoms with van der Waals surface area (Å²) in [6, 6.07) is 6.82. The fraction of sp³-hybridized carbons (Fsp3) is 0.600. The second-order valence-corrected chi connectivity index (χ2v) is 5.40. The van der Waals surface area contributed by atoms with E-state index in [4.69, 9.17) is 0 Å². The van der Waals surface area contributed by atoms with Gasteiger partial charge in [-0.25, -0.2) is 0 Å². The first kappa shape index (κ1) is 11.1. The highest BCUT2D eigenvalue weighted by molar-refractivity contribution is 5.59. The topological polar surface area (TPSA) is 15.3 Å². The van der Waals surface area contributed by atoms with Crippen molar-refractivity contribution in [3.8, 4) is 0 Å². The van der Waals surface area contributed by atoms with E-state index < -0.39 is 0 Å². The van der Waals surface area contributed by atoms with Gasteiger partial charge in [0.05, 0.1) is 0 Å². The smallest absolute Gasteiger partial charge is 0.0414 e. The first-order valence-electron chi connectivity index (χ1n) is 6.95. The summed E-state index contributed by atoms with van der Waals surface area (Å²) >= 11 is 0. The number of nitrogens with zero attached hydrogens (tertiary/aromatic N) is 1. The third-order valence-electron chi connectivity index (χ3n) is 4.12. The Morgan fingerprint density at radius 2 is 2.24 bits per heavy atom. The number of nitrogens with one attached hydrogen (secondary N) is 1. The van der Waals surface area contributed by atoms with Crippen molar-refractivity contribution in [2.45, 2.75) is 32.7 Å². The van der Waals surface area contributed by atoms with Crippen LogP contribution in [-0.2, 0) is 13.0 Å². The minimum atomic E-state index is 0.937. The van der Waals surface area contributed by atoms with Crippen LogP contribution in [0.15, 0.2) is 18.2 Å². The van der Waals surface area contributed by atoms with Gasteiger partial charge in [-0.2, -0.15) is 0 Å². The summed E-state index contributed by atoms with van der Waals surface area (Å²) in [6.45, 7) is 7.01. The molecule has 2 heteroatoms. The SMILES string of the molecule is CCCC1CN(c2cccc3c2CNCC3)C1. The van der Waals surface area contributed by atoms with Crippen molar-refractivity contribution in [2.75, 3.05) is 24.5 Å². The second kappa shape index (κ2) is 4.69. The van der Waals surface area contributed by atoms with Crippen molar-refractivity contribution in [3.63, 3.8) is 0 Å². The zero-order valence-electron chi connectivity index (χ0n) is 10.7. The van der Waals surface area contributed by atoms with Crippen LogP contribution < -0.4 is 10.2 Å². The van der Waals surface area contributed by atoms with E-state index in [0.717, 1.165) is 19.0 Å². The average molecular weight is 230 g/mol. The van der Waals surface area contributed by atoms with Crippen LogP contribution in [0.1, 0.15) is 30.9 Å². The highest BCUT2D eigenvalue weighted by atomic mass is 15.2. The molecule has 0 aromatic heterocycles. The van der Waals surface area contributed by atoms with Crippen LogP contribution in [0.5, 0.6) is 0 Å². The first-order valence-corrected chi connectivity index (χ1v) is 6.95. The molecule has 0 saturated carbocycles. The standard InChI is InChI=1S/C15H22N2/c1-2-4-12-10-17(11-12)15-6-3-5-13-7-8-16-9-14(13)15/h3,5-6,12,16H,2,4,7-11H2,1H3. The summed E-state index contributed by atoms with van der Waals surface area (Å²) in [6.07, 6.45) is 3.91. The Morgan fingerprint density at radius 3 is 3.06 bits per heavy atom. The molecule has 17 heavy (non-hydrogen) atoms. The molecule has 3 rings (SSSR count). The molecule has 1 aromatic rings. The molecule has 1 fully saturated rings. The van der Waals surface area contributed by atoms with Gasteiger partial charge in [0.1, 0.15) is 0 Å². The van der Waals surface area contributed by atoms with Crippen LogP contribution in [0.4, 0.5) is 5.69 Å². The minimum Gasteiger partial charge on any atom is -0.371 e. The van der Waals surface area contributed by atoms with Gasteiger partial charge < -0.3 is 10.2 Å². The molecule has 0 unspecified atom stereocenters. The van der Waals surface area contributed by atoms with Gasteiger partial charge in [0.25, 0.3) is 0 Å². The molecule has 92 valence electrons. The number of hydrogen-bond donors (Lipinski definition) is 1. The lowest BCUT2D eigenvalue weighted by atomic mass is 9.91. The predicted octanol–water partition coefficient (Wildman–Crippen LogP) is 2.57. The molecule has 0 spiro atoms. The molecule has 1 aromatic carbocycles. The lowest BCUT2D eigenvalue weighted by molar-refractivity contribution is 0.379. The fourth-order valence-electron chi connectivity index (χ4n) is 3.15. The molecule has 2 aliphatic rings. The van der Waals surface area contributed by atoms with Crippen LogP contribution in [0.3, 0.4) is 0 Å². The van der Waals surface area contributed by atoms with Gasteiger partial charge in [0, 0.05) is 25.3 Å². The molecule has 2 aliphatic heterocycles. The second-order valence-electron chi connectivity index (χ2n) is 5.40. The normalized spacial score (nSPS) is 19.9. The van der Waals surface area contributed by atoms with E-state index in [0.29, 0.717) is 0 Å². The Kier molecular flexibility index (Phi) is 3.06. The molecule has 0 radical (unpaired) electrons. The van der Waals surface area contributed by atoms with Gasteiger partial charge in [0.2, 0.25) is 0 Å². The number of fused-ring (bicyclic) bond motifs is 1. The maximum absolute atomic E-state index is 3.49. The quantitative estimate of drug-likeness (QED) is 0.858. The Hall–Kier alpha value is -1.02. The van der Waals surface area contributed by atoms with Crippen LogP contribution in [0, 0.1) is 5.92 Å². The molecule has 0 bridgehead atoms. The third kappa shape index (κ3) is 2.06. The Balaban J connectivity index is 1.76. The van der Waals surface area contributed by atoms with Gasteiger partial charge in [-0.1, -0.05) is 25.5 Å². The highest BCUT2D eigenvalue weighted by Crippen LogP contribution is 2.32. The number of rotatable bonds is 3. The molecule has 0 amide bonds. The highest BCUT2D eigenvalue weighted by Gasteiger charge is 2.28. The molecule has 0 aliphatic carbocycles. The van der Waals surface area contributed by atoms with Crippen molar-refractivity contribution in [1.82, 2.24) is 5.32 Å². The van der Waals surface area contributed by atoms with E-state index in [-0.39, 0.29) is 0 Å². The van der Waals surface area contributed by atoms with Gasteiger partial charge in [-0.15, -0.1) is 0 Å². The summed E-state index contributed by atoms with van der Waals surface area (Å²) < 4.78 is 0. The number of benzene rings is 1.